The van der Waals surface area contributed by atoms with Crippen LogP contribution in [0.25, 0.3) is 28.4 Å². The zero-order chi connectivity index (χ0) is 26.1. The standard InChI is InChI=1S/C29H27N3O5.ClH/c1-31-27(18-6-8-19(9-7-18)29(34)35)22(23-5-4-13-30-28(23)31)10-11-26(33)32-14-12-20-15-24(36-2)25(37-3)16-21(20)17-32;/h4-11,13,15-16H,12,14,17H2,1-3H3,(H,34,35);1H. The Morgan fingerprint density at radius 1 is 1.03 bits per heavy atom. The van der Waals surface area contributed by atoms with Crippen LogP contribution in [-0.2, 0) is 24.8 Å². The molecule has 0 fully saturated rings. The molecule has 196 valence electrons. The number of amides is 1. The highest BCUT2D eigenvalue weighted by molar-refractivity contribution is 6.00. The van der Waals surface area contributed by atoms with Gasteiger partial charge in [0.1, 0.15) is 5.65 Å². The van der Waals surface area contributed by atoms with Crippen LogP contribution in [0.3, 0.4) is 0 Å². The van der Waals surface area contributed by atoms with Crippen molar-refractivity contribution in [3.8, 4) is 22.8 Å². The molecule has 5 rings (SSSR count). The van der Waals surface area contributed by atoms with Gasteiger partial charge in [-0.15, -0.1) is 12.4 Å². The van der Waals surface area contributed by atoms with Gasteiger partial charge in [0.05, 0.1) is 25.5 Å². The first-order valence-electron chi connectivity index (χ1n) is 11.9. The number of carbonyl (C=O) groups excluding carboxylic acids is 1. The number of pyridine rings is 1. The monoisotopic (exact) mass is 533 g/mol. The summed E-state index contributed by atoms with van der Waals surface area (Å²) in [6, 6.07) is 14.5. The molecule has 0 unspecified atom stereocenters. The molecule has 0 atom stereocenters. The summed E-state index contributed by atoms with van der Waals surface area (Å²) in [6.07, 6.45) is 5.89. The second-order valence-corrected chi connectivity index (χ2v) is 8.90. The fraction of sp³-hybridized carbons (Fsp3) is 0.207. The summed E-state index contributed by atoms with van der Waals surface area (Å²) in [5.41, 5.74) is 5.73. The van der Waals surface area contributed by atoms with Crippen LogP contribution in [0.4, 0.5) is 0 Å². The summed E-state index contributed by atoms with van der Waals surface area (Å²) in [4.78, 5) is 30.9. The number of hydrogen-bond donors (Lipinski definition) is 1. The van der Waals surface area contributed by atoms with E-state index < -0.39 is 5.97 Å². The molecular weight excluding hydrogens is 506 g/mol. The molecule has 0 spiro atoms. The number of methoxy groups -OCH3 is 2. The molecule has 9 heteroatoms. The average molecular weight is 534 g/mol. The average Bonchev–Trinajstić information content (AvgIpc) is 3.21. The van der Waals surface area contributed by atoms with Crippen LogP contribution >= 0.6 is 12.4 Å². The minimum Gasteiger partial charge on any atom is -0.493 e. The van der Waals surface area contributed by atoms with Crippen molar-refractivity contribution in [2.24, 2.45) is 7.05 Å². The topological polar surface area (TPSA) is 93.9 Å². The van der Waals surface area contributed by atoms with Crippen molar-refractivity contribution in [3.05, 3.63) is 83.1 Å². The number of halogens is 1. The Labute approximate surface area is 226 Å². The number of aryl methyl sites for hydroxylation is 1. The van der Waals surface area contributed by atoms with Gasteiger partial charge >= 0.3 is 5.97 Å². The fourth-order valence-corrected chi connectivity index (χ4v) is 4.91. The highest BCUT2D eigenvalue weighted by Gasteiger charge is 2.22. The molecule has 1 N–H and O–H groups in total. The lowest BCUT2D eigenvalue weighted by Crippen LogP contribution is -2.34. The second kappa shape index (κ2) is 11.0. The maximum atomic E-state index is 13.3. The number of rotatable bonds is 6. The minimum atomic E-state index is -0.977. The van der Waals surface area contributed by atoms with E-state index in [9.17, 15) is 14.7 Å². The van der Waals surface area contributed by atoms with Crippen molar-refractivity contribution < 1.29 is 24.2 Å². The molecule has 0 aliphatic carbocycles. The van der Waals surface area contributed by atoms with E-state index in [4.69, 9.17) is 9.47 Å². The first-order valence-corrected chi connectivity index (χ1v) is 11.9. The summed E-state index contributed by atoms with van der Waals surface area (Å²) >= 11 is 0. The molecule has 38 heavy (non-hydrogen) atoms. The number of benzene rings is 2. The van der Waals surface area contributed by atoms with Gasteiger partial charge in [0.2, 0.25) is 5.91 Å². The van der Waals surface area contributed by atoms with Crippen LogP contribution in [0.1, 0.15) is 27.0 Å². The van der Waals surface area contributed by atoms with Crippen LogP contribution in [0.15, 0.2) is 60.8 Å². The number of carboxylic acids is 1. The van der Waals surface area contributed by atoms with Crippen molar-refractivity contribution in [1.29, 1.82) is 0 Å². The van der Waals surface area contributed by atoms with Gasteiger partial charge in [-0.2, -0.15) is 0 Å². The van der Waals surface area contributed by atoms with Crippen LogP contribution in [0.2, 0.25) is 0 Å². The van der Waals surface area contributed by atoms with E-state index in [0.717, 1.165) is 45.4 Å². The Balaban J connectivity index is 0.00000336. The maximum absolute atomic E-state index is 13.3. The highest BCUT2D eigenvalue weighted by atomic mass is 35.5. The smallest absolute Gasteiger partial charge is 0.335 e. The molecule has 4 aromatic rings. The number of ether oxygens (including phenoxy) is 2. The van der Waals surface area contributed by atoms with Gasteiger partial charge < -0.3 is 24.0 Å². The number of fused-ring (bicyclic) bond motifs is 2. The van der Waals surface area contributed by atoms with Gasteiger partial charge in [0.25, 0.3) is 0 Å². The summed E-state index contributed by atoms with van der Waals surface area (Å²) in [6.45, 7) is 1.09. The number of carbonyl (C=O) groups is 2. The lowest BCUT2D eigenvalue weighted by Gasteiger charge is -2.28. The highest BCUT2D eigenvalue weighted by Crippen LogP contribution is 2.35. The van der Waals surface area contributed by atoms with E-state index in [0.29, 0.717) is 24.6 Å². The molecule has 0 saturated heterocycles. The number of aromatic nitrogens is 2. The van der Waals surface area contributed by atoms with E-state index in [-0.39, 0.29) is 23.9 Å². The number of hydrogen-bond acceptors (Lipinski definition) is 5. The fourth-order valence-electron chi connectivity index (χ4n) is 4.91. The Morgan fingerprint density at radius 3 is 2.37 bits per heavy atom. The predicted molar refractivity (Wildman–Crippen MR) is 148 cm³/mol. The first-order chi connectivity index (χ1) is 17.9. The summed E-state index contributed by atoms with van der Waals surface area (Å²) in [5, 5.41) is 10.2. The maximum Gasteiger partial charge on any atom is 0.335 e. The summed E-state index contributed by atoms with van der Waals surface area (Å²) < 4.78 is 12.8. The van der Waals surface area contributed by atoms with Crippen molar-refractivity contribution >= 4 is 41.4 Å². The largest absolute Gasteiger partial charge is 0.493 e. The SMILES string of the molecule is COc1cc2c(cc1OC)CN(C(=O)C=Cc1c(-c3ccc(C(=O)O)cc3)n(C)c3ncccc13)CC2.Cl. The van der Waals surface area contributed by atoms with Crippen LogP contribution in [0.5, 0.6) is 11.5 Å². The lowest BCUT2D eigenvalue weighted by atomic mass is 9.98. The predicted octanol–water partition coefficient (Wildman–Crippen LogP) is 4.98. The third-order valence-electron chi connectivity index (χ3n) is 6.81. The minimum absolute atomic E-state index is 0. The van der Waals surface area contributed by atoms with Gasteiger partial charge in [-0.1, -0.05) is 12.1 Å². The van der Waals surface area contributed by atoms with Crippen LogP contribution in [0, 0.1) is 0 Å². The molecule has 0 saturated carbocycles. The van der Waals surface area contributed by atoms with E-state index >= 15 is 0 Å². The molecule has 1 amide bonds. The molecular formula is C29H28ClN3O5. The van der Waals surface area contributed by atoms with Gasteiger partial charge in [-0.25, -0.2) is 9.78 Å². The lowest BCUT2D eigenvalue weighted by molar-refractivity contribution is -0.126. The zero-order valence-electron chi connectivity index (χ0n) is 21.3. The molecule has 3 heterocycles. The third-order valence-corrected chi connectivity index (χ3v) is 6.81. The Hall–Kier alpha value is -4.30. The number of aromatic carboxylic acids is 1. The van der Waals surface area contributed by atoms with Crippen LogP contribution < -0.4 is 9.47 Å². The van der Waals surface area contributed by atoms with Gasteiger partial charge in [-0.05, 0) is 65.6 Å². The van der Waals surface area contributed by atoms with E-state index in [1.807, 2.05) is 46.9 Å². The van der Waals surface area contributed by atoms with E-state index in [1.165, 1.54) is 0 Å². The van der Waals surface area contributed by atoms with Crippen molar-refractivity contribution in [3.63, 3.8) is 0 Å². The van der Waals surface area contributed by atoms with E-state index in [1.54, 1.807) is 50.8 Å². The Bertz CT molecular complexity index is 1540. The van der Waals surface area contributed by atoms with Gasteiger partial charge in [0.15, 0.2) is 11.5 Å². The van der Waals surface area contributed by atoms with E-state index in [2.05, 4.69) is 4.98 Å². The molecule has 8 nitrogen and oxygen atoms in total. The number of nitrogens with zero attached hydrogens (tertiary/aromatic N) is 3. The zero-order valence-corrected chi connectivity index (χ0v) is 22.1. The molecule has 2 aromatic heterocycles. The Morgan fingerprint density at radius 2 is 1.71 bits per heavy atom. The van der Waals surface area contributed by atoms with Gasteiger partial charge in [0, 0.05) is 43.4 Å². The molecule has 1 aliphatic heterocycles. The quantitative estimate of drug-likeness (QED) is 0.351. The molecule has 2 aromatic carbocycles. The van der Waals surface area contributed by atoms with Crippen molar-refractivity contribution in [2.45, 2.75) is 13.0 Å². The molecule has 0 bridgehead atoms. The van der Waals surface area contributed by atoms with Crippen LogP contribution in [-0.4, -0.2) is 52.2 Å². The van der Waals surface area contributed by atoms with Gasteiger partial charge in [-0.3, -0.25) is 4.79 Å². The van der Waals surface area contributed by atoms with Crippen molar-refractivity contribution in [2.75, 3.05) is 20.8 Å². The van der Waals surface area contributed by atoms with Crippen molar-refractivity contribution in [1.82, 2.24) is 14.5 Å². The third kappa shape index (κ3) is 4.82. The second-order valence-electron chi connectivity index (χ2n) is 8.90. The Kier molecular flexibility index (Phi) is 7.73. The molecule has 0 radical (unpaired) electrons. The summed E-state index contributed by atoms with van der Waals surface area (Å²) in [5.74, 6) is 0.269. The molecule has 1 aliphatic rings. The summed E-state index contributed by atoms with van der Waals surface area (Å²) in [7, 11) is 5.13. The number of carboxylic acid groups (broad SMARTS) is 1. The first kappa shape index (κ1) is 26.8. The normalized spacial score (nSPS) is 12.8.